The van der Waals surface area contributed by atoms with Gasteiger partial charge in [0.05, 0.1) is 23.7 Å². The molecule has 0 aromatic heterocycles. The van der Waals surface area contributed by atoms with Crippen molar-refractivity contribution in [3.8, 4) is 5.75 Å². The van der Waals surface area contributed by atoms with E-state index < -0.39 is 0 Å². The Balaban J connectivity index is 1.88. The molecule has 2 atom stereocenters. The Bertz CT molecular complexity index is 567. The van der Waals surface area contributed by atoms with Crippen LogP contribution in [-0.2, 0) is 22.6 Å². The third-order valence-corrected chi connectivity index (χ3v) is 3.87. The first-order chi connectivity index (χ1) is 10.5. The molecule has 0 aliphatic carbocycles. The van der Waals surface area contributed by atoms with Crippen molar-refractivity contribution < 1.29 is 19.1 Å². The van der Waals surface area contributed by atoms with Gasteiger partial charge in [-0.05, 0) is 13.8 Å². The Labute approximate surface area is 128 Å². The number of ether oxygens (including phenoxy) is 3. The van der Waals surface area contributed by atoms with Gasteiger partial charge in [-0.2, -0.15) is 0 Å². The average Bonchev–Trinajstić information content (AvgIpc) is 2.46. The fourth-order valence-electron chi connectivity index (χ4n) is 3.16. The van der Waals surface area contributed by atoms with E-state index in [0.29, 0.717) is 13.2 Å². The second kappa shape index (κ2) is 6.20. The fraction of sp³-hybridized carbons (Fsp3) is 0.600. The van der Waals surface area contributed by atoms with Crippen LogP contribution < -0.4 is 4.74 Å². The predicted octanol–water partition coefficient (Wildman–Crippen LogP) is 2.07. The van der Waals surface area contributed by atoms with Crippen molar-refractivity contribution >= 4 is 5.69 Å². The molecule has 2 heterocycles. The Morgan fingerprint density at radius 2 is 2.05 bits per heavy atom. The van der Waals surface area contributed by atoms with E-state index in [4.69, 9.17) is 14.2 Å². The Hall–Kier alpha value is -1.70. The van der Waals surface area contributed by atoms with E-state index in [1.165, 1.54) is 6.07 Å². The summed E-state index contributed by atoms with van der Waals surface area (Å²) in [7, 11) is 0. The molecule has 0 N–H and O–H groups in total. The third kappa shape index (κ3) is 3.21. The van der Waals surface area contributed by atoms with Gasteiger partial charge in [0.15, 0.2) is 6.79 Å². The lowest BCUT2D eigenvalue weighted by atomic mass is 10.1. The predicted molar refractivity (Wildman–Crippen MR) is 78.7 cm³/mol. The van der Waals surface area contributed by atoms with Crippen molar-refractivity contribution in [1.82, 2.24) is 4.90 Å². The van der Waals surface area contributed by atoms with Gasteiger partial charge in [0.1, 0.15) is 5.75 Å². The lowest BCUT2D eigenvalue weighted by molar-refractivity contribution is -0.385. The van der Waals surface area contributed by atoms with Crippen molar-refractivity contribution in [2.45, 2.75) is 39.2 Å². The number of rotatable bonds is 3. The minimum absolute atomic E-state index is 0.0807. The van der Waals surface area contributed by atoms with Crippen LogP contribution in [0, 0.1) is 10.1 Å². The van der Waals surface area contributed by atoms with Gasteiger partial charge in [0.2, 0.25) is 0 Å². The summed E-state index contributed by atoms with van der Waals surface area (Å²) in [4.78, 5) is 13.0. The average molecular weight is 308 g/mol. The molecule has 2 aliphatic heterocycles. The second-order valence-corrected chi connectivity index (χ2v) is 5.91. The van der Waals surface area contributed by atoms with E-state index in [-0.39, 0.29) is 29.6 Å². The van der Waals surface area contributed by atoms with Crippen LogP contribution in [0.4, 0.5) is 5.69 Å². The van der Waals surface area contributed by atoms with Crippen LogP contribution in [-0.4, -0.2) is 41.9 Å². The molecule has 0 amide bonds. The molecule has 0 spiro atoms. The summed E-state index contributed by atoms with van der Waals surface area (Å²) < 4.78 is 16.5. The summed E-state index contributed by atoms with van der Waals surface area (Å²) in [5.41, 5.74) is 1.66. The maximum atomic E-state index is 11.1. The first-order valence-electron chi connectivity index (χ1n) is 7.41. The summed E-state index contributed by atoms with van der Waals surface area (Å²) in [5, 5.41) is 11.1. The normalized spacial score (nSPS) is 25.4. The van der Waals surface area contributed by atoms with E-state index in [1.54, 1.807) is 6.07 Å². The van der Waals surface area contributed by atoms with Crippen molar-refractivity contribution in [3.05, 3.63) is 33.4 Å². The van der Waals surface area contributed by atoms with Crippen molar-refractivity contribution in [2.75, 3.05) is 19.9 Å². The highest BCUT2D eigenvalue weighted by atomic mass is 16.7. The minimum Gasteiger partial charge on any atom is -0.467 e. The van der Waals surface area contributed by atoms with Gasteiger partial charge in [-0.15, -0.1) is 0 Å². The van der Waals surface area contributed by atoms with Crippen molar-refractivity contribution in [1.29, 1.82) is 0 Å². The molecule has 1 fully saturated rings. The molecule has 1 aromatic carbocycles. The van der Waals surface area contributed by atoms with E-state index in [2.05, 4.69) is 4.90 Å². The summed E-state index contributed by atoms with van der Waals surface area (Å²) in [6.45, 7) is 6.83. The quantitative estimate of drug-likeness (QED) is 0.628. The highest BCUT2D eigenvalue weighted by Gasteiger charge is 2.26. The van der Waals surface area contributed by atoms with Crippen molar-refractivity contribution in [2.24, 2.45) is 0 Å². The third-order valence-electron chi connectivity index (χ3n) is 3.87. The van der Waals surface area contributed by atoms with Crippen LogP contribution in [0.3, 0.4) is 0 Å². The number of benzene rings is 1. The summed E-state index contributed by atoms with van der Waals surface area (Å²) in [6.07, 6.45) is 0.310. The topological polar surface area (TPSA) is 74.1 Å². The summed E-state index contributed by atoms with van der Waals surface area (Å²) in [5.74, 6) is 0.726. The number of fused-ring (bicyclic) bond motifs is 1. The van der Waals surface area contributed by atoms with Crippen LogP contribution >= 0.6 is 0 Å². The maximum absolute atomic E-state index is 11.1. The molecule has 22 heavy (non-hydrogen) atoms. The number of hydrogen-bond acceptors (Lipinski definition) is 6. The molecule has 7 nitrogen and oxygen atoms in total. The number of nitro groups is 1. The van der Waals surface area contributed by atoms with Gasteiger partial charge in [-0.3, -0.25) is 15.0 Å². The summed E-state index contributed by atoms with van der Waals surface area (Å²) >= 11 is 0. The SMILES string of the molecule is C[C@H]1CN(Cc2cc([N+](=O)[O-])cc3c2OCOC3)C[C@H](C)O1. The molecular formula is C15H20N2O5. The fourth-order valence-corrected chi connectivity index (χ4v) is 3.16. The molecule has 7 heteroatoms. The zero-order chi connectivity index (χ0) is 15.7. The van der Waals surface area contributed by atoms with Crippen LogP contribution in [0.15, 0.2) is 12.1 Å². The second-order valence-electron chi connectivity index (χ2n) is 5.91. The monoisotopic (exact) mass is 308 g/mol. The van der Waals surface area contributed by atoms with E-state index >= 15 is 0 Å². The zero-order valence-corrected chi connectivity index (χ0v) is 12.8. The highest BCUT2D eigenvalue weighted by molar-refractivity contribution is 5.50. The number of nitro benzene ring substituents is 1. The van der Waals surface area contributed by atoms with Crippen molar-refractivity contribution in [3.63, 3.8) is 0 Å². The molecule has 0 bridgehead atoms. The molecule has 1 aromatic rings. The molecule has 3 rings (SSSR count). The van der Waals surface area contributed by atoms with Crippen LogP contribution in [0.2, 0.25) is 0 Å². The van der Waals surface area contributed by atoms with E-state index in [0.717, 1.165) is 30.0 Å². The maximum Gasteiger partial charge on any atom is 0.270 e. The summed E-state index contributed by atoms with van der Waals surface area (Å²) in [6, 6.07) is 3.14. The van der Waals surface area contributed by atoms with Crippen LogP contribution in [0.25, 0.3) is 0 Å². The van der Waals surface area contributed by atoms with Gasteiger partial charge < -0.3 is 14.2 Å². The first-order valence-corrected chi connectivity index (χ1v) is 7.41. The van der Waals surface area contributed by atoms with E-state index in [1.807, 2.05) is 13.8 Å². The number of non-ortho nitro benzene ring substituents is 1. The molecule has 1 saturated heterocycles. The standard InChI is InChI=1S/C15H20N2O5/c1-10-5-16(6-11(2)22-10)7-12-3-14(17(18)19)4-13-8-20-9-21-15(12)13/h3-4,10-11H,5-9H2,1-2H3/t10-,11-/m0/s1. The number of hydrogen-bond donors (Lipinski definition) is 0. The van der Waals surface area contributed by atoms with Crippen LogP contribution in [0.1, 0.15) is 25.0 Å². The number of nitrogens with zero attached hydrogens (tertiary/aromatic N) is 2. The van der Waals surface area contributed by atoms with Gasteiger partial charge >= 0.3 is 0 Å². The van der Waals surface area contributed by atoms with Gasteiger partial charge in [0, 0.05) is 42.9 Å². The molecule has 0 radical (unpaired) electrons. The van der Waals surface area contributed by atoms with Gasteiger partial charge in [-0.1, -0.05) is 0 Å². The van der Waals surface area contributed by atoms with Gasteiger partial charge in [-0.25, -0.2) is 0 Å². The van der Waals surface area contributed by atoms with Crippen LogP contribution in [0.5, 0.6) is 5.75 Å². The minimum atomic E-state index is -0.372. The largest absolute Gasteiger partial charge is 0.467 e. The Morgan fingerprint density at radius 3 is 2.73 bits per heavy atom. The Morgan fingerprint density at radius 1 is 1.32 bits per heavy atom. The smallest absolute Gasteiger partial charge is 0.270 e. The first kappa shape index (κ1) is 15.2. The zero-order valence-electron chi connectivity index (χ0n) is 12.8. The van der Waals surface area contributed by atoms with Gasteiger partial charge in [0.25, 0.3) is 5.69 Å². The Kier molecular flexibility index (Phi) is 4.28. The number of morpholine rings is 1. The molecule has 2 aliphatic rings. The lowest BCUT2D eigenvalue weighted by Crippen LogP contribution is -2.44. The molecule has 0 saturated carbocycles. The lowest BCUT2D eigenvalue weighted by Gasteiger charge is -2.35. The van der Waals surface area contributed by atoms with E-state index in [9.17, 15) is 10.1 Å². The highest BCUT2D eigenvalue weighted by Crippen LogP contribution is 2.33. The molecule has 0 unspecified atom stereocenters. The molecular weight excluding hydrogens is 288 g/mol. The molecule has 120 valence electrons.